The molecule has 0 atom stereocenters. The summed E-state index contributed by atoms with van der Waals surface area (Å²) < 4.78 is 11.3. The van der Waals surface area contributed by atoms with Crippen molar-refractivity contribution in [2.24, 2.45) is 0 Å². The molecular formula is C45H41N9O5. The minimum atomic E-state index is -0.240. The van der Waals surface area contributed by atoms with Gasteiger partial charge < -0.3 is 14.5 Å². The van der Waals surface area contributed by atoms with Gasteiger partial charge in [0.2, 0.25) is 0 Å². The fraction of sp³-hybridized carbons (Fsp3) is 0.200. The highest BCUT2D eigenvalue weighted by molar-refractivity contribution is 6.00. The lowest BCUT2D eigenvalue weighted by molar-refractivity contribution is 0.0537. The molecule has 6 aliphatic heterocycles. The number of nitrogens with zero attached hydrogens (tertiary/aromatic N) is 9. The first kappa shape index (κ1) is 37.4. The number of hydrogen-bond acceptors (Lipinski definition) is 8. The number of piperazine rings is 1. The maximum Gasteiger partial charge on any atom is 0.328 e. The number of aromatic nitrogens is 6. The van der Waals surface area contributed by atoms with Gasteiger partial charge in [0.05, 0.1) is 46.7 Å². The van der Waals surface area contributed by atoms with E-state index < -0.39 is 0 Å². The fourth-order valence-electron chi connectivity index (χ4n) is 7.79. The molecule has 0 saturated carbocycles. The van der Waals surface area contributed by atoms with E-state index in [4.69, 9.17) is 4.74 Å². The second kappa shape index (κ2) is 16.0. The van der Waals surface area contributed by atoms with Crippen molar-refractivity contribution >= 4 is 33.9 Å². The molecule has 4 aromatic carbocycles. The van der Waals surface area contributed by atoms with Crippen molar-refractivity contribution in [2.75, 3.05) is 59.0 Å². The lowest BCUT2D eigenvalue weighted by atomic mass is 10.1. The summed E-state index contributed by atoms with van der Waals surface area (Å²) in [4.78, 5) is 58.7. The molecule has 0 bridgehead atoms. The monoisotopic (exact) mass is 787 g/mol. The Hall–Kier alpha value is -7.16. The largest absolute Gasteiger partial charge is 0.378 e. The van der Waals surface area contributed by atoms with Crippen LogP contribution < -0.4 is 11.1 Å². The Morgan fingerprint density at radius 2 is 1.00 bits per heavy atom. The molecule has 296 valence electrons. The Morgan fingerprint density at radius 1 is 0.576 bits per heavy atom. The van der Waals surface area contributed by atoms with Crippen LogP contribution in [0.25, 0.3) is 55.7 Å². The lowest BCUT2D eigenvalue weighted by Crippen LogP contribution is -2.49. The predicted molar refractivity (Wildman–Crippen MR) is 226 cm³/mol. The van der Waals surface area contributed by atoms with Crippen molar-refractivity contribution < 1.29 is 14.3 Å². The fourth-order valence-corrected chi connectivity index (χ4v) is 7.79. The molecule has 14 heteroatoms. The number of morpholine rings is 1. The number of carbonyl (C=O) groups is 2. The number of pyridine rings is 2. The molecule has 6 heterocycles. The van der Waals surface area contributed by atoms with Crippen LogP contribution in [0.2, 0.25) is 0 Å². The van der Waals surface area contributed by atoms with Crippen LogP contribution >= 0.6 is 0 Å². The second-order valence-corrected chi connectivity index (χ2v) is 14.4. The Morgan fingerprint density at radius 3 is 1.46 bits per heavy atom. The summed E-state index contributed by atoms with van der Waals surface area (Å²) in [5, 5.41) is 10.7. The van der Waals surface area contributed by atoms with E-state index in [0.717, 1.165) is 41.4 Å². The standard InChI is InChI=1S/C24H23N5O2.C21H18N4O3/c1-2-12-26-13-15-27(16-14-26)24(31)28-17-20-22(19-10-6-7-11-21(19)28)25-29(23(20)30)18-8-4-3-5-9-18;26-20-17-14-24(21(27)23-10-12-28-13-11-23)18-9-5-4-8-16(18)19(17)22-25(20)15-6-2-1-3-7-15/h2-11,17H,1,12-16H2;1-9,14H,10-13H2. The van der Waals surface area contributed by atoms with Gasteiger partial charge in [-0.1, -0.05) is 78.9 Å². The van der Waals surface area contributed by atoms with E-state index in [2.05, 4.69) is 21.7 Å². The second-order valence-electron chi connectivity index (χ2n) is 14.4. The smallest absolute Gasteiger partial charge is 0.328 e. The molecule has 0 aromatic heterocycles. The van der Waals surface area contributed by atoms with Crippen LogP contribution in [0.3, 0.4) is 0 Å². The maximum absolute atomic E-state index is 13.4. The first-order chi connectivity index (χ1) is 28.9. The molecule has 0 spiro atoms. The third-order valence-electron chi connectivity index (χ3n) is 10.8. The van der Waals surface area contributed by atoms with Crippen LogP contribution in [0.1, 0.15) is 0 Å². The summed E-state index contributed by atoms with van der Waals surface area (Å²) in [6.45, 7) is 9.60. The highest BCUT2D eigenvalue weighted by Crippen LogP contribution is 2.30. The van der Waals surface area contributed by atoms with Crippen molar-refractivity contribution in [3.05, 3.63) is 155 Å². The number of ether oxygens (including phenoxy) is 1. The van der Waals surface area contributed by atoms with E-state index in [1.807, 2.05) is 120 Å². The highest BCUT2D eigenvalue weighted by atomic mass is 16.5. The number of carbonyl (C=O) groups excluding carboxylic acids is 2. The molecule has 2 amide bonds. The number of fused-ring (bicyclic) bond motifs is 6. The molecule has 6 aliphatic rings. The molecule has 2 saturated heterocycles. The van der Waals surface area contributed by atoms with E-state index in [0.29, 0.717) is 73.3 Å². The lowest BCUT2D eigenvalue weighted by Gasteiger charge is -2.34. The van der Waals surface area contributed by atoms with E-state index in [1.54, 1.807) is 26.4 Å². The van der Waals surface area contributed by atoms with Crippen molar-refractivity contribution in [1.82, 2.24) is 43.4 Å². The summed E-state index contributed by atoms with van der Waals surface area (Å²) in [5.41, 5.74) is 4.43. The van der Waals surface area contributed by atoms with E-state index in [-0.39, 0.29) is 23.2 Å². The van der Waals surface area contributed by atoms with Crippen molar-refractivity contribution in [2.45, 2.75) is 0 Å². The number of benzene rings is 4. The van der Waals surface area contributed by atoms with Crippen LogP contribution in [-0.4, -0.2) is 114 Å². The SMILES string of the molecule is C=CCN1CCN(C(=O)n2cc3c(=O)n(-c4ccccc4)nc-3c3ccccc32)CC1.O=C(N1CCOCC1)n1cc2c(=O)n(-c3ccccc3)nc-2c2ccccc21. The number of hydrogen-bond donors (Lipinski definition) is 0. The molecule has 4 aromatic rings. The van der Waals surface area contributed by atoms with Crippen LogP contribution in [0.15, 0.2) is 144 Å². The minimum Gasteiger partial charge on any atom is -0.378 e. The van der Waals surface area contributed by atoms with Gasteiger partial charge in [-0.05, 0) is 36.4 Å². The highest BCUT2D eigenvalue weighted by Gasteiger charge is 2.28. The third-order valence-corrected chi connectivity index (χ3v) is 10.8. The zero-order chi connectivity index (χ0) is 40.5. The van der Waals surface area contributed by atoms with Crippen LogP contribution in [0.5, 0.6) is 0 Å². The van der Waals surface area contributed by atoms with Gasteiger partial charge in [-0.2, -0.15) is 19.6 Å². The van der Waals surface area contributed by atoms with Crippen LogP contribution in [0, 0.1) is 0 Å². The number of rotatable bonds is 4. The Labute approximate surface area is 338 Å². The molecular weight excluding hydrogens is 747 g/mol. The van der Waals surface area contributed by atoms with Gasteiger partial charge in [-0.25, -0.2) is 9.59 Å². The molecule has 2 fully saturated rings. The van der Waals surface area contributed by atoms with Gasteiger partial charge in [0, 0.05) is 69.0 Å². The van der Waals surface area contributed by atoms with Gasteiger partial charge in [-0.15, -0.1) is 6.58 Å². The summed E-state index contributed by atoms with van der Waals surface area (Å²) in [5.74, 6) is 0. The first-order valence-corrected chi connectivity index (χ1v) is 19.6. The van der Waals surface area contributed by atoms with Crippen LogP contribution in [0.4, 0.5) is 9.59 Å². The summed E-state index contributed by atoms with van der Waals surface area (Å²) in [6, 6.07) is 33.5. The average Bonchev–Trinajstić information content (AvgIpc) is 3.82. The molecule has 59 heavy (non-hydrogen) atoms. The van der Waals surface area contributed by atoms with Crippen molar-refractivity contribution in [3.8, 4) is 33.9 Å². The first-order valence-electron chi connectivity index (χ1n) is 19.6. The zero-order valence-electron chi connectivity index (χ0n) is 32.3. The normalized spacial score (nSPS) is 14.8. The zero-order valence-corrected chi connectivity index (χ0v) is 32.3. The Kier molecular flexibility index (Phi) is 10.1. The van der Waals surface area contributed by atoms with Gasteiger partial charge in [0.25, 0.3) is 11.1 Å². The molecule has 10 rings (SSSR count). The molecule has 0 unspecified atom stereocenters. The van der Waals surface area contributed by atoms with Crippen LogP contribution in [-0.2, 0) is 4.74 Å². The van der Waals surface area contributed by atoms with Crippen molar-refractivity contribution in [3.63, 3.8) is 0 Å². The van der Waals surface area contributed by atoms with Crippen molar-refractivity contribution in [1.29, 1.82) is 0 Å². The van der Waals surface area contributed by atoms with Gasteiger partial charge in [0.1, 0.15) is 11.4 Å². The molecule has 0 N–H and O–H groups in total. The maximum atomic E-state index is 13.4. The molecule has 14 nitrogen and oxygen atoms in total. The van der Waals surface area contributed by atoms with Gasteiger partial charge in [-0.3, -0.25) is 23.6 Å². The number of para-hydroxylation sites is 4. The minimum absolute atomic E-state index is 0.122. The summed E-state index contributed by atoms with van der Waals surface area (Å²) in [6.07, 6.45) is 5.14. The topological polar surface area (TPSA) is 133 Å². The van der Waals surface area contributed by atoms with E-state index in [1.165, 1.54) is 9.36 Å². The number of amides is 2. The van der Waals surface area contributed by atoms with Gasteiger partial charge in [0.15, 0.2) is 0 Å². The quantitative estimate of drug-likeness (QED) is 0.209. The third kappa shape index (κ3) is 6.98. The van der Waals surface area contributed by atoms with Gasteiger partial charge >= 0.3 is 12.1 Å². The predicted octanol–water partition coefficient (Wildman–Crippen LogP) is 5.66. The molecule has 0 radical (unpaired) electrons. The van der Waals surface area contributed by atoms with E-state index in [9.17, 15) is 19.2 Å². The van der Waals surface area contributed by atoms with E-state index >= 15 is 0 Å². The summed E-state index contributed by atoms with van der Waals surface area (Å²) in [7, 11) is 0. The average molecular weight is 788 g/mol. The summed E-state index contributed by atoms with van der Waals surface area (Å²) >= 11 is 0. The molecule has 0 aliphatic carbocycles. The Balaban J connectivity index is 0.000000153. The Bertz CT molecular complexity index is 2860.